The molecule has 2 heteroatoms. The normalized spacial score (nSPS) is 19.9. The van der Waals surface area contributed by atoms with Gasteiger partial charge in [-0.2, -0.15) is 11.8 Å². The van der Waals surface area contributed by atoms with Crippen LogP contribution in [0.1, 0.15) is 52.4 Å². The van der Waals surface area contributed by atoms with E-state index in [2.05, 4.69) is 25.6 Å². The molecule has 16 heavy (non-hydrogen) atoms. The molecule has 1 saturated heterocycles. The molecule has 0 atom stereocenters. The minimum atomic E-state index is 1.36. The van der Waals surface area contributed by atoms with E-state index >= 15 is 0 Å². The fourth-order valence-electron chi connectivity index (χ4n) is 2.66. The summed E-state index contributed by atoms with van der Waals surface area (Å²) in [6.07, 6.45) is 8.65. The molecule has 0 bridgehead atoms. The summed E-state index contributed by atoms with van der Waals surface area (Å²) in [7, 11) is 0. The molecule has 0 unspecified atom stereocenters. The summed E-state index contributed by atoms with van der Waals surface area (Å²) in [5.41, 5.74) is 0. The van der Waals surface area contributed by atoms with Crippen molar-refractivity contribution in [2.75, 3.05) is 37.7 Å². The van der Waals surface area contributed by atoms with E-state index in [1.165, 1.54) is 80.7 Å². The first-order chi connectivity index (χ1) is 7.83. The van der Waals surface area contributed by atoms with Crippen molar-refractivity contribution < 1.29 is 4.48 Å². The predicted octanol–water partition coefficient (Wildman–Crippen LogP) is 3.93. The SMILES string of the molecule is CCCCCCCC[N+]1(CC)CCSCC1. The van der Waals surface area contributed by atoms with Crippen molar-refractivity contribution in [2.45, 2.75) is 52.4 Å². The van der Waals surface area contributed by atoms with E-state index in [9.17, 15) is 0 Å². The highest BCUT2D eigenvalue weighted by molar-refractivity contribution is 7.99. The van der Waals surface area contributed by atoms with Crippen LogP contribution in [-0.2, 0) is 0 Å². The quantitative estimate of drug-likeness (QED) is 0.460. The van der Waals surface area contributed by atoms with Gasteiger partial charge in [-0.1, -0.05) is 32.6 Å². The average molecular weight is 244 g/mol. The number of unbranched alkanes of at least 4 members (excludes halogenated alkanes) is 5. The predicted molar refractivity (Wildman–Crippen MR) is 76.1 cm³/mol. The second kappa shape index (κ2) is 8.41. The summed E-state index contributed by atoms with van der Waals surface area (Å²) in [6.45, 7) is 10.3. The Kier molecular flexibility index (Phi) is 7.55. The molecular formula is C14H30NS+. The highest BCUT2D eigenvalue weighted by Crippen LogP contribution is 2.19. The molecule has 0 aromatic carbocycles. The van der Waals surface area contributed by atoms with Crippen LogP contribution in [0.2, 0.25) is 0 Å². The van der Waals surface area contributed by atoms with Gasteiger partial charge in [0.1, 0.15) is 0 Å². The standard InChI is InChI=1S/C14H30NS/c1-3-5-6-7-8-9-10-15(4-2)11-13-16-14-12-15/h3-14H2,1-2H3/q+1. The molecule has 1 aliphatic rings. The van der Waals surface area contributed by atoms with Crippen LogP contribution in [0, 0.1) is 0 Å². The van der Waals surface area contributed by atoms with E-state index in [1.807, 2.05) is 0 Å². The first-order valence-electron chi connectivity index (χ1n) is 7.26. The van der Waals surface area contributed by atoms with Crippen LogP contribution >= 0.6 is 11.8 Å². The maximum absolute atomic E-state index is 2.38. The van der Waals surface area contributed by atoms with Gasteiger partial charge in [-0.15, -0.1) is 0 Å². The third-order valence-electron chi connectivity index (χ3n) is 4.08. The Morgan fingerprint density at radius 3 is 2.12 bits per heavy atom. The van der Waals surface area contributed by atoms with Gasteiger partial charge in [-0.05, 0) is 19.8 Å². The Hall–Kier alpha value is 0.310. The monoisotopic (exact) mass is 244 g/mol. The Balaban J connectivity index is 2.08. The summed E-state index contributed by atoms with van der Waals surface area (Å²) in [6, 6.07) is 0. The van der Waals surface area contributed by atoms with Gasteiger partial charge < -0.3 is 4.48 Å². The van der Waals surface area contributed by atoms with Crippen molar-refractivity contribution >= 4 is 11.8 Å². The van der Waals surface area contributed by atoms with Gasteiger partial charge >= 0.3 is 0 Å². The Morgan fingerprint density at radius 1 is 0.875 bits per heavy atom. The minimum Gasteiger partial charge on any atom is -0.322 e. The Bertz CT molecular complexity index is 164. The number of thioether (sulfide) groups is 1. The zero-order valence-electron chi connectivity index (χ0n) is 11.3. The molecule has 0 saturated carbocycles. The van der Waals surface area contributed by atoms with Crippen LogP contribution in [0.15, 0.2) is 0 Å². The largest absolute Gasteiger partial charge is 0.322 e. The molecule has 1 heterocycles. The summed E-state index contributed by atoms with van der Waals surface area (Å²) >= 11 is 2.15. The zero-order valence-corrected chi connectivity index (χ0v) is 12.2. The lowest BCUT2D eigenvalue weighted by Crippen LogP contribution is -2.53. The molecule has 0 N–H and O–H groups in total. The number of quaternary nitrogens is 1. The van der Waals surface area contributed by atoms with E-state index < -0.39 is 0 Å². The number of rotatable bonds is 8. The first kappa shape index (κ1) is 14.4. The molecule has 0 aromatic heterocycles. The summed E-state index contributed by atoms with van der Waals surface area (Å²) < 4.78 is 1.42. The number of hydrogen-bond donors (Lipinski definition) is 0. The van der Waals surface area contributed by atoms with Gasteiger partial charge in [-0.25, -0.2) is 0 Å². The second-order valence-electron chi connectivity index (χ2n) is 5.21. The molecule has 0 radical (unpaired) electrons. The van der Waals surface area contributed by atoms with Crippen molar-refractivity contribution in [2.24, 2.45) is 0 Å². The van der Waals surface area contributed by atoms with Crippen molar-refractivity contribution in [3.8, 4) is 0 Å². The molecule has 0 aromatic rings. The van der Waals surface area contributed by atoms with Crippen LogP contribution in [0.25, 0.3) is 0 Å². The smallest absolute Gasteiger partial charge is 0.0878 e. The summed E-state index contributed by atoms with van der Waals surface area (Å²) in [4.78, 5) is 0. The molecular weight excluding hydrogens is 214 g/mol. The van der Waals surface area contributed by atoms with Gasteiger partial charge in [0, 0.05) is 11.5 Å². The van der Waals surface area contributed by atoms with E-state index in [4.69, 9.17) is 0 Å². The highest BCUT2D eigenvalue weighted by atomic mass is 32.2. The average Bonchev–Trinajstić information content (AvgIpc) is 2.35. The summed E-state index contributed by atoms with van der Waals surface area (Å²) in [5.74, 6) is 2.79. The lowest BCUT2D eigenvalue weighted by atomic mass is 10.1. The molecule has 1 nitrogen and oxygen atoms in total. The van der Waals surface area contributed by atoms with Gasteiger partial charge in [-0.3, -0.25) is 0 Å². The lowest BCUT2D eigenvalue weighted by molar-refractivity contribution is -0.923. The van der Waals surface area contributed by atoms with Crippen LogP contribution < -0.4 is 0 Å². The maximum atomic E-state index is 2.38. The van der Waals surface area contributed by atoms with E-state index in [0.29, 0.717) is 0 Å². The van der Waals surface area contributed by atoms with Gasteiger partial charge in [0.25, 0.3) is 0 Å². The van der Waals surface area contributed by atoms with Crippen LogP contribution in [-0.4, -0.2) is 42.2 Å². The van der Waals surface area contributed by atoms with E-state index in [-0.39, 0.29) is 0 Å². The van der Waals surface area contributed by atoms with Crippen molar-refractivity contribution in [1.29, 1.82) is 0 Å². The van der Waals surface area contributed by atoms with E-state index in [1.54, 1.807) is 0 Å². The van der Waals surface area contributed by atoms with Crippen molar-refractivity contribution in [3.05, 3.63) is 0 Å². The van der Waals surface area contributed by atoms with Crippen LogP contribution in [0.4, 0.5) is 0 Å². The number of nitrogens with zero attached hydrogens (tertiary/aromatic N) is 1. The molecule has 0 spiro atoms. The van der Waals surface area contributed by atoms with Crippen LogP contribution in [0.5, 0.6) is 0 Å². The second-order valence-corrected chi connectivity index (χ2v) is 6.43. The minimum absolute atomic E-state index is 1.36. The fraction of sp³-hybridized carbons (Fsp3) is 1.00. The maximum Gasteiger partial charge on any atom is 0.0878 e. The third-order valence-corrected chi connectivity index (χ3v) is 5.02. The van der Waals surface area contributed by atoms with Gasteiger partial charge in [0.2, 0.25) is 0 Å². The molecule has 0 amide bonds. The van der Waals surface area contributed by atoms with E-state index in [0.717, 1.165) is 0 Å². The molecule has 1 fully saturated rings. The third kappa shape index (κ3) is 5.09. The highest BCUT2D eigenvalue weighted by Gasteiger charge is 2.27. The number of hydrogen-bond acceptors (Lipinski definition) is 1. The lowest BCUT2D eigenvalue weighted by Gasteiger charge is -2.40. The van der Waals surface area contributed by atoms with Gasteiger partial charge in [0.15, 0.2) is 0 Å². The van der Waals surface area contributed by atoms with Crippen molar-refractivity contribution in [1.82, 2.24) is 0 Å². The Labute approximate surface area is 107 Å². The first-order valence-corrected chi connectivity index (χ1v) is 8.41. The van der Waals surface area contributed by atoms with Gasteiger partial charge in [0.05, 0.1) is 26.2 Å². The molecule has 1 aliphatic heterocycles. The fourth-order valence-corrected chi connectivity index (χ4v) is 3.89. The van der Waals surface area contributed by atoms with Crippen molar-refractivity contribution in [3.63, 3.8) is 0 Å². The molecule has 0 aliphatic carbocycles. The topological polar surface area (TPSA) is 0 Å². The molecule has 96 valence electrons. The summed E-state index contributed by atoms with van der Waals surface area (Å²) in [5, 5.41) is 0. The zero-order chi connectivity index (χ0) is 11.7. The van der Waals surface area contributed by atoms with Crippen LogP contribution in [0.3, 0.4) is 0 Å². The Morgan fingerprint density at radius 2 is 1.50 bits per heavy atom. The molecule has 1 rings (SSSR count).